The van der Waals surface area contributed by atoms with Crippen LogP contribution < -0.4 is 10.5 Å². The van der Waals surface area contributed by atoms with Crippen molar-refractivity contribution in [2.75, 3.05) is 10.5 Å². The lowest BCUT2D eigenvalue weighted by Gasteiger charge is -2.07. The molecule has 2 aromatic rings. The van der Waals surface area contributed by atoms with Crippen LogP contribution in [0.1, 0.15) is 0 Å². The zero-order valence-corrected chi connectivity index (χ0v) is 11.6. The third-order valence-corrected chi connectivity index (χ3v) is 5.19. The molecule has 0 unspecified atom stereocenters. The molecule has 0 bridgehead atoms. The summed E-state index contributed by atoms with van der Waals surface area (Å²) >= 11 is 4.34. The Morgan fingerprint density at radius 1 is 1.47 bits per heavy atom. The SMILES string of the molecule is Nc1cnc(NS(=O)(=O)c2cccs2)c(Br)c1. The number of sulfonamides is 1. The van der Waals surface area contributed by atoms with Gasteiger partial charge in [-0.15, -0.1) is 11.3 Å². The molecule has 0 fully saturated rings. The maximum Gasteiger partial charge on any atom is 0.272 e. The van der Waals surface area contributed by atoms with Crippen LogP contribution in [0.15, 0.2) is 38.5 Å². The molecule has 0 spiro atoms. The van der Waals surface area contributed by atoms with Crippen molar-refractivity contribution in [3.8, 4) is 0 Å². The summed E-state index contributed by atoms with van der Waals surface area (Å²) in [5, 5.41) is 1.69. The van der Waals surface area contributed by atoms with Crippen LogP contribution in [0.25, 0.3) is 0 Å². The minimum absolute atomic E-state index is 0.215. The highest BCUT2D eigenvalue weighted by atomic mass is 79.9. The van der Waals surface area contributed by atoms with E-state index in [1.54, 1.807) is 17.5 Å². The van der Waals surface area contributed by atoms with Gasteiger partial charge in [-0.2, -0.15) is 0 Å². The van der Waals surface area contributed by atoms with Gasteiger partial charge < -0.3 is 5.73 Å². The molecule has 8 heteroatoms. The predicted octanol–water partition coefficient (Wildman–Crippen LogP) is 2.29. The Morgan fingerprint density at radius 2 is 2.24 bits per heavy atom. The van der Waals surface area contributed by atoms with E-state index in [1.807, 2.05) is 0 Å². The highest BCUT2D eigenvalue weighted by Gasteiger charge is 2.17. The maximum absolute atomic E-state index is 11.9. The zero-order chi connectivity index (χ0) is 12.5. The van der Waals surface area contributed by atoms with Crippen LogP contribution in [0.2, 0.25) is 0 Å². The number of halogens is 1. The van der Waals surface area contributed by atoms with Crippen LogP contribution in [0, 0.1) is 0 Å². The number of thiophene rings is 1. The first-order valence-electron chi connectivity index (χ1n) is 4.46. The highest BCUT2D eigenvalue weighted by Crippen LogP contribution is 2.25. The number of anilines is 2. The highest BCUT2D eigenvalue weighted by molar-refractivity contribution is 9.10. The van der Waals surface area contributed by atoms with Gasteiger partial charge >= 0.3 is 0 Å². The first kappa shape index (κ1) is 12.3. The molecule has 3 N–H and O–H groups in total. The lowest BCUT2D eigenvalue weighted by molar-refractivity contribution is 0.603. The second-order valence-corrected chi connectivity index (χ2v) is 6.85. The summed E-state index contributed by atoms with van der Waals surface area (Å²) < 4.78 is 26.9. The molecule has 0 saturated carbocycles. The Bertz CT molecular complexity index is 626. The zero-order valence-electron chi connectivity index (χ0n) is 8.42. The van der Waals surface area contributed by atoms with E-state index in [4.69, 9.17) is 5.73 Å². The quantitative estimate of drug-likeness (QED) is 0.902. The van der Waals surface area contributed by atoms with Crippen molar-refractivity contribution in [3.05, 3.63) is 34.2 Å². The average molecular weight is 334 g/mol. The van der Waals surface area contributed by atoms with Crippen molar-refractivity contribution >= 4 is 48.8 Å². The molecule has 0 aromatic carbocycles. The van der Waals surface area contributed by atoms with E-state index in [0.717, 1.165) is 11.3 Å². The average Bonchev–Trinajstić information content (AvgIpc) is 2.76. The van der Waals surface area contributed by atoms with Gasteiger partial charge in [0, 0.05) is 0 Å². The number of nitrogens with two attached hydrogens (primary N) is 1. The Labute approximate surface area is 111 Å². The maximum atomic E-state index is 11.9. The Kier molecular flexibility index (Phi) is 3.36. The van der Waals surface area contributed by atoms with Gasteiger partial charge in [-0.1, -0.05) is 6.07 Å². The van der Waals surface area contributed by atoms with E-state index in [9.17, 15) is 8.42 Å². The lowest BCUT2D eigenvalue weighted by Crippen LogP contribution is -2.13. The topological polar surface area (TPSA) is 85.1 Å². The monoisotopic (exact) mass is 333 g/mol. The molecule has 0 amide bonds. The van der Waals surface area contributed by atoms with Gasteiger partial charge in [-0.05, 0) is 33.4 Å². The fourth-order valence-electron chi connectivity index (χ4n) is 1.12. The third-order valence-electron chi connectivity index (χ3n) is 1.85. The normalized spacial score (nSPS) is 11.4. The fourth-order valence-corrected chi connectivity index (χ4v) is 3.74. The van der Waals surface area contributed by atoms with E-state index < -0.39 is 10.0 Å². The van der Waals surface area contributed by atoms with Crippen LogP contribution in [0.3, 0.4) is 0 Å². The van der Waals surface area contributed by atoms with Crippen molar-refractivity contribution in [3.63, 3.8) is 0 Å². The Balaban J connectivity index is 2.33. The lowest BCUT2D eigenvalue weighted by atomic mass is 10.4. The molecule has 0 aliphatic rings. The molecule has 0 radical (unpaired) electrons. The fraction of sp³-hybridized carbons (Fsp3) is 0. The number of nitrogens with one attached hydrogen (secondary N) is 1. The summed E-state index contributed by atoms with van der Waals surface area (Å²) in [6.07, 6.45) is 1.39. The van der Waals surface area contributed by atoms with Gasteiger partial charge in [0.2, 0.25) is 0 Å². The third kappa shape index (κ3) is 2.76. The first-order valence-corrected chi connectivity index (χ1v) is 7.62. The number of rotatable bonds is 3. The molecule has 2 aromatic heterocycles. The van der Waals surface area contributed by atoms with Crippen molar-refractivity contribution < 1.29 is 8.42 Å². The largest absolute Gasteiger partial charge is 0.397 e. The second-order valence-electron chi connectivity index (χ2n) is 3.14. The number of pyridine rings is 1. The summed E-state index contributed by atoms with van der Waals surface area (Å²) in [5.41, 5.74) is 5.97. The van der Waals surface area contributed by atoms with E-state index >= 15 is 0 Å². The Morgan fingerprint density at radius 3 is 2.82 bits per heavy atom. The second kappa shape index (κ2) is 4.63. The molecule has 90 valence electrons. The van der Waals surface area contributed by atoms with E-state index in [1.165, 1.54) is 12.3 Å². The van der Waals surface area contributed by atoms with Gasteiger partial charge in [0.25, 0.3) is 10.0 Å². The summed E-state index contributed by atoms with van der Waals surface area (Å²) in [7, 11) is -3.57. The molecule has 17 heavy (non-hydrogen) atoms. The molecule has 0 aliphatic carbocycles. The van der Waals surface area contributed by atoms with Gasteiger partial charge in [0.05, 0.1) is 16.4 Å². The summed E-state index contributed by atoms with van der Waals surface area (Å²) in [6, 6.07) is 4.78. The van der Waals surface area contributed by atoms with Crippen molar-refractivity contribution in [1.29, 1.82) is 0 Å². The molecule has 2 heterocycles. The smallest absolute Gasteiger partial charge is 0.272 e. The van der Waals surface area contributed by atoms with Crippen molar-refractivity contribution in [2.45, 2.75) is 4.21 Å². The molecule has 0 saturated heterocycles. The van der Waals surface area contributed by atoms with Crippen LogP contribution in [0.5, 0.6) is 0 Å². The summed E-state index contributed by atoms with van der Waals surface area (Å²) in [4.78, 5) is 3.92. The number of nitrogens with zero attached hydrogens (tertiary/aromatic N) is 1. The molecule has 0 aliphatic heterocycles. The van der Waals surface area contributed by atoms with Gasteiger partial charge in [0.15, 0.2) is 5.82 Å². The van der Waals surface area contributed by atoms with Crippen molar-refractivity contribution in [2.24, 2.45) is 0 Å². The standard InChI is InChI=1S/C9H8BrN3O2S2/c10-7-4-6(11)5-12-9(7)13-17(14,15)8-2-1-3-16-8/h1-5H,11H2,(H,12,13). The van der Waals surface area contributed by atoms with Crippen LogP contribution in [-0.4, -0.2) is 13.4 Å². The number of aromatic nitrogens is 1. The predicted molar refractivity (Wildman–Crippen MR) is 71.5 cm³/mol. The van der Waals surface area contributed by atoms with Crippen LogP contribution in [-0.2, 0) is 10.0 Å². The molecule has 0 atom stereocenters. The summed E-state index contributed by atoms with van der Waals surface area (Å²) in [6.45, 7) is 0. The minimum Gasteiger partial charge on any atom is -0.397 e. The van der Waals surface area contributed by atoms with E-state index in [-0.39, 0.29) is 10.0 Å². The molecule has 5 nitrogen and oxygen atoms in total. The molecule has 2 rings (SSSR count). The van der Waals surface area contributed by atoms with Gasteiger partial charge in [0.1, 0.15) is 4.21 Å². The molecular formula is C9H8BrN3O2S2. The van der Waals surface area contributed by atoms with E-state index in [0.29, 0.717) is 10.2 Å². The van der Waals surface area contributed by atoms with Crippen LogP contribution in [0.4, 0.5) is 11.5 Å². The van der Waals surface area contributed by atoms with Gasteiger partial charge in [-0.25, -0.2) is 13.4 Å². The number of nitrogen functional groups attached to an aromatic ring is 1. The van der Waals surface area contributed by atoms with Crippen LogP contribution >= 0.6 is 27.3 Å². The molecular weight excluding hydrogens is 326 g/mol. The van der Waals surface area contributed by atoms with E-state index in [2.05, 4.69) is 25.6 Å². The Hall–Kier alpha value is -1.12. The number of hydrogen-bond acceptors (Lipinski definition) is 5. The van der Waals surface area contributed by atoms with Gasteiger partial charge in [-0.3, -0.25) is 4.72 Å². The minimum atomic E-state index is -3.57. The van der Waals surface area contributed by atoms with Crippen molar-refractivity contribution in [1.82, 2.24) is 4.98 Å². The number of hydrogen-bond donors (Lipinski definition) is 2. The first-order chi connectivity index (χ1) is 7.99. The summed E-state index contributed by atoms with van der Waals surface area (Å²) in [5.74, 6) is 0.215.